The van der Waals surface area contributed by atoms with Crippen molar-refractivity contribution in [2.75, 3.05) is 5.75 Å². The van der Waals surface area contributed by atoms with Gasteiger partial charge >= 0.3 is 0 Å². The van der Waals surface area contributed by atoms with Gasteiger partial charge in [0.15, 0.2) is 0 Å². The van der Waals surface area contributed by atoms with Crippen molar-refractivity contribution in [3.63, 3.8) is 0 Å². The zero-order valence-corrected chi connectivity index (χ0v) is 12.4. The predicted molar refractivity (Wildman–Crippen MR) is 79.9 cm³/mol. The zero-order chi connectivity index (χ0) is 12.3. The van der Waals surface area contributed by atoms with Gasteiger partial charge in [-0.2, -0.15) is 11.8 Å². The van der Waals surface area contributed by atoms with E-state index in [9.17, 15) is 0 Å². The molecule has 0 aliphatic heterocycles. The average molecular weight is 269 g/mol. The molecule has 1 aliphatic rings. The fourth-order valence-electron chi connectivity index (χ4n) is 2.52. The Morgan fingerprint density at radius 1 is 1.41 bits per heavy atom. The van der Waals surface area contributed by atoms with E-state index in [4.69, 9.17) is 5.73 Å². The molecule has 1 nitrogen and oxygen atoms in total. The molecule has 17 heavy (non-hydrogen) atoms. The fourth-order valence-corrected chi connectivity index (χ4v) is 5.20. The summed E-state index contributed by atoms with van der Waals surface area (Å²) in [5.41, 5.74) is 6.15. The van der Waals surface area contributed by atoms with Crippen LogP contribution in [0.25, 0.3) is 0 Å². The topological polar surface area (TPSA) is 26.0 Å². The summed E-state index contributed by atoms with van der Waals surface area (Å²) in [6.07, 6.45) is 5.74. The molecule has 1 fully saturated rings. The molecule has 0 spiro atoms. The summed E-state index contributed by atoms with van der Waals surface area (Å²) in [6, 6.07) is 4.72. The highest BCUT2D eigenvalue weighted by Crippen LogP contribution is 2.39. The van der Waals surface area contributed by atoms with E-state index >= 15 is 0 Å². The van der Waals surface area contributed by atoms with Gasteiger partial charge in [0.05, 0.1) is 5.25 Å². The summed E-state index contributed by atoms with van der Waals surface area (Å²) in [4.78, 5) is 2.85. The highest BCUT2D eigenvalue weighted by molar-refractivity contribution is 7.99. The third kappa shape index (κ3) is 3.73. The first kappa shape index (κ1) is 13.4. The van der Waals surface area contributed by atoms with E-state index in [1.807, 2.05) is 11.3 Å². The normalized spacial score (nSPS) is 20.6. The second kappa shape index (κ2) is 6.26. The first-order valence-electron chi connectivity index (χ1n) is 6.60. The van der Waals surface area contributed by atoms with E-state index in [1.165, 1.54) is 41.2 Å². The number of thiophene rings is 1. The maximum atomic E-state index is 6.15. The Labute approximate surface area is 113 Å². The maximum absolute atomic E-state index is 6.15. The van der Waals surface area contributed by atoms with E-state index in [0.717, 1.165) is 5.92 Å². The molecule has 0 radical (unpaired) electrons. The summed E-state index contributed by atoms with van der Waals surface area (Å²) in [5, 5.41) is 0.495. The smallest absolute Gasteiger partial charge is 0.0539 e. The van der Waals surface area contributed by atoms with E-state index < -0.39 is 0 Å². The van der Waals surface area contributed by atoms with Crippen LogP contribution in [0.15, 0.2) is 12.1 Å². The number of nitrogens with two attached hydrogens (primary N) is 1. The van der Waals surface area contributed by atoms with Crippen LogP contribution in [-0.4, -0.2) is 11.8 Å². The molecule has 0 bridgehead atoms. The summed E-state index contributed by atoms with van der Waals surface area (Å²) >= 11 is 3.98. The van der Waals surface area contributed by atoms with E-state index in [2.05, 4.69) is 37.7 Å². The third-order valence-corrected chi connectivity index (χ3v) is 6.44. The minimum Gasteiger partial charge on any atom is -0.327 e. The number of rotatable bonds is 5. The number of hydrogen-bond acceptors (Lipinski definition) is 3. The number of hydrogen-bond donors (Lipinski definition) is 1. The lowest BCUT2D eigenvalue weighted by Gasteiger charge is -2.21. The molecule has 0 aromatic carbocycles. The predicted octanol–water partition coefficient (Wildman–Crippen LogP) is 4.37. The Bertz CT molecular complexity index is 340. The van der Waals surface area contributed by atoms with Gasteiger partial charge in [-0.3, -0.25) is 0 Å². The van der Waals surface area contributed by atoms with Crippen LogP contribution in [0.1, 0.15) is 47.6 Å². The first-order chi connectivity index (χ1) is 8.16. The van der Waals surface area contributed by atoms with Crippen LogP contribution in [-0.2, 0) is 0 Å². The van der Waals surface area contributed by atoms with Crippen molar-refractivity contribution in [1.29, 1.82) is 0 Å². The van der Waals surface area contributed by atoms with Gasteiger partial charge in [-0.25, -0.2) is 0 Å². The second-order valence-electron chi connectivity index (χ2n) is 5.21. The van der Waals surface area contributed by atoms with Crippen molar-refractivity contribution in [3.05, 3.63) is 21.9 Å². The van der Waals surface area contributed by atoms with E-state index in [0.29, 0.717) is 5.25 Å². The van der Waals surface area contributed by atoms with Crippen LogP contribution in [0.3, 0.4) is 0 Å². The van der Waals surface area contributed by atoms with Gasteiger partial charge in [0.1, 0.15) is 0 Å². The molecule has 3 heteroatoms. The fraction of sp³-hybridized carbons (Fsp3) is 0.714. The monoisotopic (exact) mass is 269 g/mol. The Morgan fingerprint density at radius 2 is 2.12 bits per heavy atom. The van der Waals surface area contributed by atoms with Crippen LogP contribution in [0, 0.1) is 12.8 Å². The largest absolute Gasteiger partial charge is 0.327 e. The summed E-state index contributed by atoms with van der Waals surface area (Å²) in [6.45, 7) is 4.31. The molecule has 1 aromatic heterocycles. The molecule has 1 aromatic rings. The van der Waals surface area contributed by atoms with Gasteiger partial charge in [-0.05, 0) is 50.5 Å². The lowest BCUT2D eigenvalue weighted by atomic mass is 10.1. The minimum atomic E-state index is 0.249. The SMILES string of the molecule is Cc1ccc(C(SCC2CCCC2)C(C)N)s1. The van der Waals surface area contributed by atoms with Crippen LogP contribution in [0.5, 0.6) is 0 Å². The average Bonchev–Trinajstić information content (AvgIpc) is 2.90. The molecular weight excluding hydrogens is 246 g/mol. The summed E-state index contributed by atoms with van der Waals surface area (Å²) in [5.74, 6) is 2.24. The maximum Gasteiger partial charge on any atom is 0.0539 e. The quantitative estimate of drug-likeness (QED) is 0.859. The van der Waals surface area contributed by atoms with Crippen LogP contribution in [0.4, 0.5) is 0 Å². The van der Waals surface area contributed by atoms with Gasteiger partial charge in [0, 0.05) is 15.8 Å². The molecule has 2 unspecified atom stereocenters. The summed E-state index contributed by atoms with van der Waals surface area (Å²) < 4.78 is 0. The highest BCUT2D eigenvalue weighted by atomic mass is 32.2. The first-order valence-corrected chi connectivity index (χ1v) is 8.47. The van der Waals surface area contributed by atoms with Crippen molar-refractivity contribution < 1.29 is 0 Å². The molecule has 96 valence electrons. The standard InChI is InChI=1S/C14H23NS2/c1-10-7-8-13(17-10)14(11(2)15)16-9-12-5-3-4-6-12/h7-8,11-12,14H,3-6,9,15H2,1-2H3. The highest BCUT2D eigenvalue weighted by Gasteiger charge is 2.22. The van der Waals surface area contributed by atoms with Crippen LogP contribution < -0.4 is 5.73 Å². The van der Waals surface area contributed by atoms with Gasteiger partial charge in [-0.15, -0.1) is 11.3 Å². The van der Waals surface area contributed by atoms with Crippen molar-refractivity contribution in [2.24, 2.45) is 11.7 Å². The Morgan fingerprint density at radius 3 is 2.65 bits per heavy atom. The lowest BCUT2D eigenvalue weighted by molar-refractivity contribution is 0.619. The molecule has 2 atom stereocenters. The lowest BCUT2D eigenvalue weighted by Crippen LogP contribution is -2.22. The zero-order valence-electron chi connectivity index (χ0n) is 10.8. The summed E-state index contributed by atoms with van der Waals surface area (Å²) in [7, 11) is 0. The number of thioether (sulfide) groups is 1. The van der Waals surface area contributed by atoms with Crippen molar-refractivity contribution in [3.8, 4) is 0 Å². The Hall–Kier alpha value is 0.01000. The van der Waals surface area contributed by atoms with Gasteiger partial charge in [-0.1, -0.05) is 12.8 Å². The number of aryl methyl sites for hydroxylation is 1. The van der Waals surface area contributed by atoms with Crippen LogP contribution in [0.2, 0.25) is 0 Å². The Kier molecular flexibility index (Phi) is 4.95. The molecule has 1 aliphatic carbocycles. The third-order valence-electron chi connectivity index (χ3n) is 3.51. The van der Waals surface area contributed by atoms with Gasteiger partial charge in [0.2, 0.25) is 0 Å². The van der Waals surface area contributed by atoms with Crippen molar-refractivity contribution in [2.45, 2.75) is 50.8 Å². The van der Waals surface area contributed by atoms with Crippen LogP contribution >= 0.6 is 23.1 Å². The van der Waals surface area contributed by atoms with Gasteiger partial charge in [0.25, 0.3) is 0 Å². The molecular formula is C14H23NS2. The molecule has 1 heterocycles. The molecule has 2 rings (SSSR count). The second-order valence-corrected chi connectivity index (χ2v) is 7.71. The van der Waals surface area contributed by atoms with E-state index in [-0.39, 0.29) is 6.04 Å². The molecule has 0 saturated heterocycles. The molecule has 2 N–H and O–H groups in total. The molecule has 0 amide bonds. The van der Waals surface area contributed by atoms with Gasteiger partial charge < -0.3 is 5.73 Å². The van der Waals surface area contributed by atoms with Crippen molar-refractivity contribution >= 4 is 23.1 Å². The van der Waals surface area contributed by atoms with Crippen molar-refractivity contribution in [1.82, 2.24) is 0 Å². The Balaban J connectivity index is 1.92. The minimum absolute atomic E-state index is 0.249. The molecule has 1 saturated carbocycles. The van der Waals surface area contributed by atoms with E-state index in [1.54, 1.807) is 0 Å².